The number of nitrogens with zero attached hydrogens (tertiary/aromatic N) is 3. The predicted molar refractivity (Wildman–Crippen MR) is 78.8 cm³/mol. The van der Waals surface area contributed by atoms with Gasteiger partial charge in [-0.15, -0.1) is 0 Å². The number of ether oxygens (including phenoxy) is 1. The Labute approximate surface area is 129 Å². The van der Waals surface area contributed by atoms with Gasteiger partial charge in [0.15, 0.2) is 5.82 Å². The molecule has 6 heteroatoms. The standard InChI is InChI=1S/C16H20FN3O2/c1-20(14-5-7-21-8-6-14)11-16-18-15(19-22-16)10-12-3-2-4-13(17)9-12/h2-4,9,14H,5-8,10-11H2,1H3. The largest absolute Gasteiger partial charge is 0.381 e. The number of aromatic nitrogens is 2. The maximum atomic E-state index is 13.2. The summed E-state index contributed by atoms with van der Waals surface area (Å²) in [6.45, 7) is 2.24. The van der Waals surface area contributed by atoms with Crippen molar-refractivity contribution in [1.29, 1.82) is 0 Å². The quantitative estimate of drug-likeness (QED) is 0.849. The molecule has 1 saturated heterocycles. The Morgan fingerprint density at radius 1 is 1.32 bits per heavy atom. The second kappa shape index (κ2) is 6.98. The van der Waals surface area contributed by atoms with E-state index in [0.717, 1.165) is 31.6 Å². The van der Waals surface area contributed by atoms with Crippen LogP contribution in [0.15, 0.2) is 28.8 Å². The van der Waals surface area contributed by atoms with Gasteiger partial charge in [-0.1, -0.05) is 17.3 Å². The molecule has 2 heterocycles. The molecule has 0 unspecified atom stereocenters. The van der Waals surface area contributed by atoms with Gasteiger partial charge >= 0.3 is 0 Å². The van der Waals surface area contributed by atoms with Gasteiger partial charge in [0.2, 0.25) is 5.89 Å². The van der Waals surface area contributed by atoms with Crippen LogP contribution in [0, 0.1) is 5.82 Å². The van der Waals surface area contributed by atoms with Crippen LogP contribution in [0.1, 0.15) is 30.1 Å². The van der Waals surface area contributed by atoms with Crippen LogP contribution in [0.3, 0.4) is 0 Å². The molecule has 0 N–H and O–H groups in total. The van der Waals surface area contributed by atoms with E-state index in [1.54, 1.807) is 6.07 Å². The van der Waals surface area contributed by atoms with Crippen LogP contribution in [0.4, 0.5) is 4.39 Å². The van der Waals surface area contributed by atoms with E-state index in [9.17, 15) is 4.39 Å². The second-order valence-electron chi connectivity index (χ2n) is 5.67. The molecule has 1 aromatic carbocycles. The molecule has 118 valence electrons. The van der Waals surface area contributed by atoms with Gasteiger partial charge in [0.05, 0.1) is 6.54 Å². The Kier molecular flexibility index (Phi) is 4.80. The smallest absolute Gasteiger partial charge is 0.240 e. The van der Waals surface area contributed by atoms with Gasteiger partial charge < -0.3 is 9.26 Å². The third-order valence-corrected chi connectivity index (χ3v) is 3.96. The molecular formula is C16H20FN3O2. The van der Waals surface area contributed by atoms with Crippen molar-refractivity contribution in [3.05, 3.63) is 47.4 Å². The monoisotopic (exact) mass is 305 g/mol. The van der Waals surface area contributed by atoms with Gasteiger partial charge in [-0.05, 0) is 37.6 Å². The van der Waals surface area contributed by atoms with E-state index in [1.807, 2.05) is 6.07 Å². The molecule has 0 saturated carbocycles. The maximum Gasteiger partial charge on any atom is 0.240 e. The van der Waals surface area contributed by atoms with Crippen LogP contribution in [-0.2, 0) is 17.7 Å². The molecule has 1 aliphatic rings. The van der Waals surface area contributed by atoms with E-state index in [1.165, 1.54) is 12.1 Å². The summed E-state index contributed by atoms with van der Waals surface area (Å²) in [5, 5.41) is 3.98. The van der Waals surface area contributed by atoms with E-state index < -0.39 is 0 Å². The zero-order valence-corrected chi connectivity index (χ0v) is 12.7. The fourth-order valence-electron chi connectivity index (χ4n) is 2.72. The Balaban J connectivity index is 1.58. The fraction of sp³-hybridized carbons (Fsp3) is 0.500. The summed E-state index contributed by atoms with van der Waals surface area (Å²) >= 11 is 0. The van der Waals surface area contributed by atoms with Crippen molar-refractivity contribution in [3.8, 4) is 0 Å². The number of halogens is 1. The highest BCUT2D eigenvalue weighted by Crippen LogP contribution is 2.15. The summed E-state index contributed by atoms with van der Waals surface area (Å²) in [4.78, 5) is 6.62. The van der Waals surface area contributed by atoms with Crippen molar-refractivity contribution in [2.45, 2.75) is 31.8 Å². The minimum atomic E-state index is -0.250. The molecule has 2 aromatic rings. The van der Waals surface area contributed by atoms with E-state index in [0.29, 0.717) is 30.7 Å². The summed E-state index contributed by atoms with van der Waals surface area (Å²) in [6.07, 6.45) is 2.53. The summed E-state index contributed by atoms with van der Waals surface area (Å²) in [7, 11) is 2.06. The number of rotatable bonds is 5. The zero-order valence-electron chi connectivity index (χ0n) is 12.7. The van der Waals surface area contributed by atoms with Crippen LogP contribution >= 0.6 is 0 Å². The minimum Gasteiger partial charge on any atom is -0.381 e. The van der Waals surface area contributed by atoms with Gasteiger partial charge in [0.1, 0.15) is 5.82 Å². The molecule has 0 aliphatic carbocycles. The molecule has 5 nitrogen and oxygen atoms in total. The van der Waals surface area contributed by atoms with Gasteiger partial charge in [0, 0.05) is 25.7 Å². The fourth-order valence-corrected chi connectivity index (χ4v) is 2.72. The summed E-state index contributed by atoms with van der Waals surface area (Å²) in [5.74, 6) is 0.932. The third kappa shape index (κ3) is 3.90. The van der Waals surface area contributed by atoms with Crippen LogP contribution < -0.4 is 0 Å². The molecule has 0 atom stereocenters. The first kappa shape index (κ1) is 15.1. The highest BCUT2D eigenvalue weighted by Gasteiger charge is 2.20. The van der Waals surface area contributed by atoms with Crippen molar-refractivity contribution in [3.63, 3.8) is 0 Å². The average Bonchev–Trinajstić information content (AvgIpc) is 2.95. The normalized spacial score (nSPS) is 16.3. The number of hydrogen-bond donors (Lipinski definition) is 0. The van der Waals surface area contributed by atoms with Crippen molar-refractivity contribution < 1.29 is 13.7 Å². The van der Waals surface area contributed by atoms with Crippen molar-refractivity contribution >= 4 is 0 Å². The lowest BCUT2D eigenvalue weighted by Crippen LogP contribution is -2.36. The summed E-state index contributed by atoms with van der Waals surface area (Å²) < 4.78 is 23.8. The zero-order chi connectivity index (χ0) is 15.4. The highest BCUT2D eigenvalue weighted by molar-refractivity contribution is 5.19. The molecule has 0 bridgehead atoms. The van der Waals surface area contributed by atoms with Crippen LogP contribution in [0.25, 0.3) is 0 Å². The SMILES string of the molecule is CN(Cc1nc(Cc2cccc(F)c2)no1)C1CCOCC1. The van der Waals surface area contributed by atoms with Crippen LogP contribution in [0.5, 0.6) is 0 Å². The lowest BCUT2D eigenvalue weighted by molar-refractivity contribution is 0.0376. The van der Waals surface area contributed by atoms with Crippen molar-refractivity contribution in [1.82, 2.24) is 15.0 Å². The van der Waals surface area contributed by atoms with Crippen molar-refractivity contribution in [2.24, 2.45) is 0 Å². The van der Waals surface area contributed by atoms with E-state index in [4.69, 9.17) is 9.26 Å². The first-order valence-corrected chi connectivity index (χ1v) is 7.54. The van der Waals surface area contributed by atoms with E-state index in [-0.39, 0.29) is 5.82 Å². The van der Waals surface area contributed by atoms with Crippen LogP contribution in [-0.4, -0.2) is 41.3 Å². The molecule has 0 spiro atoms. The molecule has 22 heavy (non-hydrogen) atoms. The first-order chi connectivity index (χ1) is 10.7. The minimum absolute atomic E-state index is 0.250. The number of benzene rings is 1. The van der Waals surface area contributed by atoms with E-state index in [2.05, 4.69) is 22.1 Å². The van der Waals surface area contributed by atoms with Gasteiger partial charge in [0.25, 0.3) is 0 Å². The molecule has 3 rings (SSSR count). The van der Waals surface area contributed by atoms with Crippen LogP contribution in [0.2, 0.25) is 0 Å². The molecule has 0 radical (unpaired) electrons. The lowest BCUT2D eigenvalue weighted by Gasteiger charge is -2.29. The molecule has 1 aromatic heterocycles. The topological polar surface area (TPSA) is 51.4 Å². The molecular weight excluding hydrogens is 285 g/mol. The Morgan fingerprint density at radius 3 is 2.91 bits per heavy atom. The summed E-state index contributed by atoms with van der Waals surface area (Å²) in [5.41, 5.74) is 0.838. The summed E-state index contributed by atoms with van der Waals surface area (Å²) in [6, 6.07) is 6.95. The van der Waals surface area contributed by atoms with Gasteiger partial charge in [-0.3, -0.25) is 4.90 Å². The average molecular weight is 305 g/mol. The Bertz CT molecular complexity index is 611. The van der Waals surface area contributed by atoms with Gasteiger partial charge in [-0.2, -0.15) is 4.98 Å². The third-order valence-electron chi connectivity index (χ3n) is 3.96. The maximum absolute atomic E-state index is 13.2. The Morgan fingerprint density at radius 2 is 2.14 bits per heavy atom. The predicted octanol–water partition coefficient (Wildman–Crippen LogP) is 2.41. The van der Waals surface area contributed by atoms with Gasteiger partial charge in [-0.25, -0.2) is 4.39 Å². The lowest BCUT2D eigenvalue weighted by atomic mass is 10.1. The molecule has 0 amide bonds. The first-order valence-electron chi connectivity index (χ1n) is 7.54. The Hall–Kier alpha value is -1.79. The highest BCUT2D eigenvalue weighted by atomic mass is 19.1. The molecule has 1 fully saturated rings. The van der Waals surface area contributed by atoms with Crippen molar-refractivity contribution in [2.75, 3.05) is 20.3 Å². The molecule has 1 aliphatic heterocycles. The van der Waals surface area contributed by atoms with E-state index >= 15 is 0 Å². The number of hydrogen-bond acceptors (Lipinski definition) is 5. The second-order valence-corrected chi connectivity index (χ2v) is 5.67.